The molecule has 1 aromatic carbocycles. The van der Waals surface area contributed by atoms with Crippen molar-refractivity contribution in [3.8, 4) is 0 Å². The minimum Gasteiger partial charge on any atom is -0.395 e. The number of carbonyl (C=O) groups excluding carboxylic acids is 1. The highest BCUT2D eigenvalue weighted by molar-refractivity contribution is 7.89. The normalized spacial score (nSPS) is 15.7. The lowest BCUT2D eigenvalue weighted by atomic mass is 10.3. The van der Waals surface area contributed by atoms with Gasteiger partial charge in [0.15, 0.2) is 0 Å². The van der Waals surface area contributed by atoms with Gasteiger partial charge in [0.1, 0.15) is 10.7 Å². The van der Waals surface area contributed by atoms with Crippen LogP contribution in [0.3, 0.4) is 0 Å². The van der Waals surface area contributed by atoms with E-state index in [1.165, 1.54) is 19.2 Å². The van der Waals surface area contributed by atoms with E-state index >= 15 is 0 Å². The first-order chi connectivity index (χ1) is 9.84. The fourth-order valence-electron chi connectivity index (χ4n) is 2.25. The molecule has 0 radical (unpaired) electrons. The van der Waals surface area contributed by atoms with Crippen LogP contribution in [0.4, 0.5) is 10.1 Å². The van der Waals surface area contributed by atoms with Crippen LogP contribution in [-0.4, -0.2) is 50.2 Å². The minimum atomic E-state index is -4.00. The molecule has 0 bridgehead atoms. The Morgan fingerprint density at radius 3 is 2.62 bits per heavy atom. The van der Waals surface area contributed by atoms with Crippen molar-refractivity contribution in [1.82, 2.24) is 9.21 Å². The largest absolute Gasteiger partial charge is 0.395 e. The lowest BCUT2D eigenvalue weighted by Gasteiger charge is -2.21. The number of nitrogens with two attached hydrogens (primary N) is 1. The number of sulfonamides is 1. The highest BCUT2D eigenvalue weighted by Gasteiger charge is 2.28. The summed E-state index contributed by atoms with van der Waals surface area (Å²) in [5, 5.41) is 0. The molecular weight excluding hydrogens is 297 g/mol. The number of nitrogen functional groups attached to an aromatic ring is 1. The number of nitrogens with zero attached hydrogens (tertiary/aromatic N) is 2. The van der Waals surface area contributed by atoms with Gasteiger partial charge < -0.3 is 10.6 Å². The summed E-state index contributed by atoms with van der Waals surface area (Å²) in [6.07, 6.45) is 1.86. The summed E-state index contributed by atoms with van der Waals surface area (Å²) in [5.41, 5.74) is 5.05. The van der Waals surface area contributed by atoms with Gasteiger partial charge in [-0.3, -0.25) is 4.79 Å². The Labute approximate surface area is 123 Å². The molecule has 2 rings (SSSR count). The summed E-state index contributed by atoms with van der Waals surface area (Å²) >= 11 is 0. The molecule has 1 aliphatic rings. The van der Waals surface area contributed by atoms with Gasteiger partial charge in [0.05, 0.1) is 12.2 Å². The minimum absolute atomic E-state index is 0.256. The zero-order chi connectivity index (χ0) is 15.6. The van der Waals surface area contributed by atoms with Gasteiger partial charge in [0.25, 0.3) is 0 Å². The van der Waals surface area contributed by atoms with Crippen molar-refractivity contribution >= 4 is 21.6 Å². The smallest absolute Gasteiger partial charge is 0.245 e. The molecule has 0 aromatic heterocycles. The van der Waals surface area contributed by atoms with E-state index < -0.39 is 21.5 Å². The SMILES string of the molecule is CN(CC(=O)N1CCCC1)S(=O)(=O)c1cccc(F)c1N. The van der Waals surface area contributed by atoms with Gasteiger partial charge in [-0.15, -0.1) is 0 Å². The monoisotopic (exact) mass is 315 g/mol. The van der Waals surface area contributed by atoms with Gasteiger partial charge in [-0.2, -0.15) is 4.31 Å². The van der Waals surface area contributed by atoms with E-state index in [2.05, 4.69) is 0 Å². The standard InChI is InChI=1S/C13H18FN3O3S/c1-16(9-12(18)17-7-2-3-8-17)21(19,20)11-6-4-5-10(14)13(11)15/h4-6H,2-3,7-9,15H2,1H3. The van der Waals surface area contributed by atoms with E-state index in [1.54, 1.807) is 4.90 Å². The number of para-hydroxylation sites is 1. The predicted molar refractivity (Wildman–Crippen MR) is 76.4 cm³/mol. The third kappa shape index (κ3) is 3.16. The van der Waals surface area contributed by atoms with E-state index in [0.29, 0.717) is 13.1 Å². The summed E-state index contributed by atoms with van der Waals surface area (Å²) < 4.78 is 39.0. The molecule has 1 aromatic rings. The second kappa shape index (κ2) is 5.98. The molecule has 21 heavy (non-hydrogen) atoms. The number of likely N-dealkylation sites (tertiary alicyclic amines) is 1. The number of likely N-dealkylation sites (N-methyl/N-ethyl adjacent to an activating group) is 1. The van der Waals surface area contributed by atoms with Gasteiger partial charge >= 0.3 is 0 Å². The van der Waals surface area contributed by atoms with Crippen LogP contribution < -0.4 is 5.73 Å². The Balaban J connectivity index is 2.18. The van der Waals surface area contributed by atoms with Crippen LogP contribution in [0, 0.1) is 5.82 Å². The number of carbonyl (C=O) groups is 1. The molecule has 1 aliphatic heterocycles. The summed E-state index contributed by atoms with van der Waals surface area (Å²) in [6, 6.07) is 3.59. The number of rotatable bonds is 4. The summed E-state index contributed by atoms with van der Waals surface area (Å²) in [5.74, 6) is -1.05. The summed E-state index contributed by atoms with van der Waals surface area (Å²) in [4.78, 5) is 13.3. The van der Waals surface area contributed by atoms with Crippen LogP contribution in [0.15, 0.2) is 23.1 Å². The van der Waals surface area contributed by atoms with Crippen LogP contribution >= 0.6 is 0 Å². The highest BCUT2D eigenvalue weighted by atomic mass is 32.2. The zero-order valence-electron chi connectivity index (χ0n) is 11.8. The van der Waals surface area contributed by atoms with Crippen LogP contribution in [-0.2, 0) is 14.8 Å². The number of anilines is 1. The van der Waals surface area contributed by atoms with Crippen LogP contribution in [0.2, 0.25) is 0 Å². The van der Waals surface area contributed by atoms with Crippen molar-refractivity contribution < 1.29 is 17.6 Å². The molecule has 6 nitrogen and oxygen atoms in total. The average molecular weight is 315 g/mol. The molecule has 0 saturated carbocycles. The fraction of sp³-hybridized carbons (Fsp3) is 0.462. The topological polar surface area (TPSA) is 83.7 Å². The van der Waals surface area contributed by atoms with Gasteiger partial charge in [0.2, 0.25) is 15.9 Å². The number of hydrogen-bond donors (Lipinski definition) is 1. The van der Waals surface area contributed by atoms with E-state index in [9.17, 15) is 17.6 Å². The van der Waals surface area contributed by atoms with E-state index in [1.807, 2.05) is 0 Å². The maximum Gasteiger partial charge on any atom is 0.245 e. The van der Waals surface area contributed by atoms with Gasteiger partial charge in [0, 0.05) is 20.1 Å². The van der Waals surface area contributed by atoms with Crippen molar-refractivity contribution in [3.63, 3.8) is 0 Å². The maximum atomic E-state index is 13.4. The lowest BCUT2D eigenvalue weighted by Crippen LogP contribution is -2.40. The third-order valence-electron chi connectivity index (χ3n) is 3.52. The molecule has 1 amide bonds. The van der Waals surface area contributed by atoms with Crippen molar-refractivity contribution in [2.24, 2.45) is 0 Å². The van der Waals surface area contributed by atoms with Crippen molar-refractivity contribution in [2.45, 2.75) is 17.7 Å². The molecule has 8 heteroatoms. The van der Waals surface area contributed by atoms with E-state index in [-0.39, 0.29) is 17.3 Å². The van der Waals surface area contributed by atoms with Crippen LogP contribution in [0.25, 0.3) is 0 Å². The molecule has 0 atom stereocenters. The number of hydrogen-bond acceptors (Lipinski definition) is 4. The summed E-state index contributed by atoms with van der Waals surface area (Å²) in [6.45, 7) is 1.02. The average Bonchev–Trinajstić information content (AvgIpc) is 2.95. The quantitative estimate of drug-likeness (QED) is 0.827. The molecule has 1 heterocycles. The Morgan fingerprint density at radius 1 is 1.38 bits per heavy atom. The van der Waals surface area contributed by atoms with Gasteiger partial charge in [-0.05, 0) is 25.0 Å². The maximum absolute atomic E-state index is 13.4. The third-order valence-corrected chi connectivity index (χ3v) is 5.38. The fourth-order valence-corrected chi connectivity index (χ4v) is 3.49. The number of amides is 1. The van der Waals surface area contributed by atoms with Crippen LogP contribution in [0.1, 0.15) is 12.8 Å². The molecule has 116 valence electrons. The Kier molecular flexibility index (Phi) is 4.48. The second-order valence-corrected chi connectivity index (χ2v) is 7.01. The van der Waals surface area contributed by atoms with Crippen LogP contribution in [0.5, 0.6) is 0 Å². The molecule has 2 N–H and O–H groups in total. The highest BCUT2D eigenvalue weighted by Crippen LogP contribution is 2.24. The second-order valence-electron chi connectivity index (χ2n) is 5.00. The van der Waals surface area contributed by atoms with Crippen molar-refractivity contribution in [3.05, 3.63) is 24.0 Å². The first-order valence-electron chi connectivity index (χ1n) is 6.62. The molecule has 0 aliphatic carbocycles. The van der Waals surface area contributed by atoms with Gasteiger partial charge in [-0.1, -0.05) is 6.07 Å². The van der Waals surface area contributed by atoms with E-state index in [4.69, 9.17) is 5.73 Å². The van der Waals surface area contributed by atoms with Crippen molar-refractivity contribution in [2.75, 3.05) is 32.4 Å². The molecular formula is C13H18FN3O3S. The Bertz CT molecular complexity index is 642. The first kappa shape index (κ1) is 15.7. The molecule has 1 fully saturated rings. The van der Waals surface area contributed by atoms with Gasteiger partial charge in [-0.25, -0.2) is 12.8 Å². The Hall–Kier alpha value is -1.67. The molecule has 0 unspecified atom stereocenters. The molecule has 1 saturated heterocycles. The van der Waals surface area contributed by atoms with Crippen molar-refractivity contribution in [1.29, 1.82) is 0 Å². The Morgan fingerprint density at radius 2 is 2.00 bits per heavy atom. The first-order valence-corrected chi connectivity index (χ1v) is 8.06. The van der Waals surface area contributed by atoms with E-state index in [0.717, 1.165) is 23.2 Å². The lowest BCUT2D eigenvalue weighted by molar-refractivity contribution is -0.130. The number of halogens is 1. The zero-order valence-corrected chi connectivity index (χ0v) is 12.6. The summed E-state index contributed by atoms with van der Waals surface area (Å²) in [7, 11) is -2.71. The predicted octanol–water partition coefficient (Wildman–Crippen LogP) is 0.651. The number of benzene rings is 1. The molecule has 0 spiro atoms.